The number of hydrogen-bond donors (Lipinski definition) is 0. The Morgan fingerprint density at radius 1 is 0.800 bits per heavy atom. The quantitative estimate of drug-likeness (QED) is 0.644. The van der Waals surface area contributed by atoms with Gasteiger partial charge in [0.1, 0.15) is 0 Å². The Morgan fingerprint density at radius 3 is 2.30 bits per heavy atom. The molecule has 0 aliphatic rings. The minimum Gasteiger partial charge on any atom is -0.465 e. The molecule has 3 aromatic carbocycles. The van der Waals surface area contributed by atoms with Gasteiger partial charge >= 0.3 is 5.97 Å². The number of benzene rings is 3. The fourth-order valence-electron chi connectivity index (χ4n) is 2.47. The third-order valence-corrected chi connectivity index (χ3v) is 3.41. The SMILES string of the molecule is COC(=O)c1ccccc1-c1cccc2ccccc12. The molecule has 98 valence electrons. The van der Waals surface area contributed by atoms with Gasteiger partial charge in [0, 0.05) is 0 Å². The molecule has 3 aromatic rings. The van der Waals surface area contributed by atoms with Crippen LogP contribution in [0.3, 0.4) is 0 Å². The molecule has 0 heterocycles. The Balaban J connectivity index is 2.29. The molecule has 0 aliphatic heterocycles. The van der Waals surface area contributed by atoms with Crippen LogP contribution in [0.5, 0.6) is 0 Å². The molecule has 0 radical (unpaired) electrons. The number of fused-ring (bicyclic) bond motifs is 1. The smallest absolute Gasteiger partial charge is 0.338 e. The fourth-order valence-corrected chi connectivity index (χ4v) is 2.47. The van der Waals surface area contributed by atoms with Crippen molar-refractivity contribution in [1.29, 1.82) is 0 Å². The summed E-state index contributed by atoms with van der Waals surface area (Å²) in [6, 6.07) is 21.8. The summed E-state index contributed by atoms with van der Waals surface area (Å²) in [5.74, 6) is -0.312. The van der Waals surface area contributed by atoms with Crippen LogP contribution in [-0.4, -0.2) is 13.1 Å². The van der Waals surface area contributed by atoms with E-state index < -0.39 is 0 Å². The highest BCUT2D eigenvalue weighted by molar-refractivity contribution is 6.04. The van der Waals surface area contributed by atoms with Crippen molar-refractivity contribution in [2.45, 2.75) is 0 Å². The van der Waals surface area contributed by atoms with Crippen LogP contribution in [0.25, 0.3) is 21.9 Å². The number of hydrogen-bond acceptors (Lipinski definition) is 2. The minimum atomic E-state index is -0.312. The predicted octanol–water partition coefficient (Wildman–Crippen LogP) is 4.29. The number of carbonyl (C=O) groups excluding carboxylic acids is 1. The maximum Gasteiger partial charge on any atom is 0.338 e. The Labute approximate surface area is 117 Å². The van der Waals surface area contributed by atoms with Crippen LogP contribution in [0.15, 0.2) is 66.7 Å². The molecule has 0 spiro atoms. The van der Waals surface area contributed by atoms with Gasteiger partial charge in [0.2, 0.25) is 0 Å². The summed E-state index contributed by atoms with van der Waals surface area (Å²) in [4.78, 5) is 11.9. The fraction of sp³-hybridized carbons (Fsp3) is 0.0556. The highest BCUT2D eigenvalue weighted by Gasteiger charge is 2.13. The lowest BCUT2D eigenvalue weighted by Gasteiger charge is -2.10. The van der Waals surface area contributed by atoms with Gasteiger partial charge < -0.3 is 4.74 Å². The van der Waals surface area contributed by atoms with Crippen molar-refractivity contribution >= 4 is 16.7 Å². The van der Waals surface area contributed by atoms with E-state index >= 15 is 0 Å². The lowest BCUT2D eigenvalue weighted by Crippen LogP contribution is -2.03. The molecule has 0 saturated heterocycles. The summed E-state index contributed by atoms with van der Waals surface area (Å²) in [5.41, 5.74) is 2.53. The second-order valence-corrected chi connectivity index (χ2v) is 4.56. The van der Waals surface area contributed by atoms with Crippen molar-refractivity contribution in [2.24, 2.45) is 0 Å². The third kappa shape index (κ3) is 2.05. The Hall–Kier alpha value is -2.61. The van der Waals surface area contributed by atoms with E-state index in [1.807, 2.05) is 42.5 Å². The lowest BCUT2D eigenvalue weighted by molar-refractivity contribution is 0.0601. The van der Waals surface area contributed by atoms with Crippen LogP contribution in [0.1, 0.15) is 10.4 Å². The van der Waals surface area contributed by atoms with Gasteiger partial charge in [-0.1, -0.05) is 60.7 Å². The molecule has 0 aliphatic carbocycles. The second kappa shape index (κ2) is 5.17. The number of methoxy groups -OCH3 is 1. The van der Waals surface area contributed by atoms with Crippen LogP contribution in [0.2, 0.25) is 0 Å². The highest BCUT2D eigenvalue weighted by Crippen LogP contribution is 2.31. The molecule has 0 fully saturated rings. The summed E-state index contributed by atoms with van der Waals surface area (Å²) >= 11 is 0. The van der Waals surface area contributed by atoms with Gasteiger partial charge in [-0.05, 0) is 28.0 Å². The number of rotatable bonds is 2. The van der Waals surface area contributed by atoms with E-state index in [4.69, 9.17) is 4.74 Å². The first-order valence-corrected chi connectivity index (χ1v) is 6.47. The van der Waals surface area contributed by atoms with Gasteiger partial charge in [-0.2, -0.15) is 0 Å². The van der Waals surface area contributed by atoms with Gasteiger partial charge in [0.25, 0.3) is 0 Å². The number of ether oxygens (including phenoxy) is 1. The molecule has 0 atom stereocenters. The summed E-state index contributed by atoms with van der Waals surface area (Å²) < 4.78 is 4.87. The zero-order chi connectivity index (χ0) is 13.9. The zero-order valence-corrected chi connectivity index (χ0v) is 11.2. The average Bonchev–Trinajstić information content (AvgIpc) is 2.53. The van der Waals surface area contributed by atoms with Crippen LogP contribution in [0.4, 0.5) is 0 Å². The van der Waals surface area contributed by atoms with E-state index in [0.29, 0.717) is 5.56 Å². The molecule has 0 saturated carbocycles. The van der Waals surface area contributed by atoms with Gasteiger partial charge in [0.05, 0.1) is 12.7 Å². The van der Waals surface area contributed by atoms with E-state index in [0.717, 1.165) is 21.9 Å². The van der Waals surface area contributed by atoms with Crippen molar-refractivity contribution in [1.82, 2.24) is 0 Å². The number of esters is 1. The first-order chi connectivity index (χ1) is 9.81. The first kappa shape index (κ1) is 12.4. The van der Waals surface area contributed by atoms with E-state index in [1.165, 1.54) is 7.11 Å². The largest absolute Gasteiger partial charge is 0.465 e. The van der Waals surface area contributed by atoms with Crippen LogP contribution in [-0.2, 0) is 4.74 Å². The number of carbonyl (C=O) groups is 1. The zero-order valence-electron chi connectivity index (χ0n) is 11.2. The molecule has 0 N–H and O–H groups in total. The topological polar surface area (TPSA) is 26.3 Å². The Morgan fingerprint density at radius 2 is 1.45 bits per heavy atom. The lowest BCUT2D eigenvalue weighted by atomic mass is 9.95. The standard InChI is InChI=1S/C18H14O2/c1-20-18(19)17-11-5-4-10-16(17)15-12-6-8-13-7-2-3-9-14(13)15/h2-12H,1H3. The van der Waals surface area contributed by atoms with Crippen molar-refractivity contribution in [3.05, 3.63) is 72.3 Å². The molecule has 0 bridgehead atoms. The summed E-state index contributed by atoms with van der Waals surface area (Å²) in [5, 5.41) is 2.29. The van der Waals surface area contributed by atoms with Crippen molar-refractivity contribution in [3.63, 3.8) is 0 Å². The van der Waals surface area contributed by atoms with E-state index in [1.54, 1.807) is 6.07 Å². The molecular weight excluding hydrogens is 248 g/mol. The van der Waals surface area contributed by atoms with Gasteiger partial charge in [-0.25, -0.2) is 4.79 Å². The van der Waals surface area contributed by atoms with Crippen LogP contribution in [0, 0.1) is 0 Å². The van der Waals surface area contributed by atoms with Gasteiger partial charge in [0.15, 0.2) is 0 Å². The molecule has 2 nitrogen and oxygen atoms in total. The Kier molecular flexibility index (Phi) is 3.21. The molecule has 2 heteroatoms. The molecule has 20 heavy (non-hydrogen) atoms. The maximum absolute atomic E-state index is 11.9. The Bertz CT molecular complexity index is 770. The van der Waals surface area contributed by atoms with E-state index in [9.17, 15) is 4.79 Å². The van der Waals surface area contributed by atoms with E-state index in [-0.39, 0.29) is 5.97 Å². The predicted molar refractivity (Wildman–Crippen MR) is 80.7 cm³/mol. The van der Waals surface area contributed by atoms with Gasteiger partial charge in [-0.3, -0.25) is 0 Å². The molecular formula is C18H14O2. The minimum absolute atomic E-state index is 0.312. The third-order valence-electron chi connectivity index (χ3n) is 3.41. The van der Waals surface area contributed by atoms with Crippen molar-refractivity contribution < 1.29 is 9.53 Å². The average molecular weight is 262 g/mol. The van der Waals surface area contributed by atoms with Gasteiger partial charge in [-0.15, -0.1) is 0 Å². The molecule has 0 aromatic heterocycles. The summed E-state index contributed by atoms with van der Waals surface area (Å²) in [6.07, 6.45) is 0. The first-order valence-electron chi connectivity index (χ1n) is 6.47. The monoisotopic (exact) mass is 262 g/mol. The summed E-state index contributed by atoms with van der Waals surface area (Å²) in [6.45, 7) is 0. The summed E-state index contributed by atoms with van der Waals surface area (Å²) in [7, 11) is 1.40. The van der Waals surface area contributed by atoms with Crippen molar-refractivity contribution in [2.75, 3.05) is 7.11 Å². The normalized spacial score (nSPS) is 10.4. The highest BCUT2D eigenvalue weighted by atomic mass is 16.5. The van der Waals surface area contributed by atoms with Crippen LogP contribution < -0.4 is 0 Å². The van der Waals surface area contributed by atoms with Crippen LogP contribution >= 0.6 is 0 Å². The molecule has 0 unspecified atom stereocenters. The van der Waals surface area contributed by atoms with E-state index in [2.05, 4.69) is 18.2 Å². The molecule has 0 amide bonds. The molecule has 3 rings (SSSR count). The van der Waals surface area contributed by atoms with Crippen molar-refractivity contribution in [3.8, 4) is 11.1 Å². The second-order valence-electron chi connectivity index (χ2n) is 4.56. The maximum atomic E-state index is 11.9.